The Labute approximate surface area is 177 Å². The van der Waals surface area contributed by atoms with Crippen LogP contribution in [0.4, 0.5) is 0 Å². The summed E-state index contributed by atoms with van der Waals surface area (Å²) in [4.78, 5) is 17.4. The van der Waals surface area contributed by atoms with E-state index in [1.165, 1.54) is 0 Å². The minimum atomic E-state index is -0.102. The molecule has 0 atom stereocenters. The molecule has 0 aliphatic heterocycles. The van der Waals surface area contributed by atoms with Crippen LogP contribution in [0, 0.1) is 6.92 Å². The molecule has 0 unspecified atom stereocenters. The summed E-state index contributed by atoms with van der Waals surface area (Å²) in [6.45, 7) is 2.32. The Morgan fingerprint density at radius 1 is 1.21 bits per heavy atom. The summed E-state index contributed by atoms with van der Waals surface area (Å²) in [5.41, 5.74) is 1.67. The van der Waals surface area contributed by atoms with E-state index in [9.17, 15) is 4.79 Å². The van der Waals surface area contributed by atoms with Crippen molar-refractivity contribution in [3.63, 3.8) is 0 Å². The molecule has 1 heterocycles. The summed E-state index contributed by atoms with van der Waals surface area (Å²) in [5, 5.41) is 7.98. The zero-order valence-electron chi connectivity index (χ0n) is 15.2. The average molecular weight is 436 g/mol. The maximum atomic E-state index is 12.4. The molecular formula is C20H19Cl2N3O2S. The van der Waals surface area contributed by atoms with Crippen molar-refractivity contribution < 1.29 is 9.32 Å². The summed E-state index contributed by atoms with van der Waals surface area (Å²) >= 11 is 13.8. The number of aromatic nitrogens is 2. The highest BCUT2D eigenvalue weighted by atomic mass is 35.5. The van der Waals surface area contributed by atoms with E-state index in [1.54, 1.807) is 36.9 Å². The number of hydrogen-bond donors (Lipinski definition) is 1. The first-order chi connectivity index (χ1) is 13.5. The van der Waals surface area contributed by atoms with Gasteiger partial charge in [-0.2, -0.15) is 4.98 Å². The lowest BCUT2D eigenvalue weighted by atomic mass is 10.1. The second-order valence-corrected chi connectivity index (χ2v) is 8.02. The van der Waals surface area contributed by atoms with Gasteiger partial charge in [-0.15, -0.1) is 11.8 Å². The average Bonchev–Trinajstić information content (AvgIpc) is 3.11. The van der Waals surface area contributed by atoms with Gasteiger partial charge in [0.25, 0.3) is 5.91 Å². The summed E-state index contributed by atoms with van der Waals surface area (Å²) in [7, 11) is 0. The first-order valence-corrected chi connectivity index (χ1v) is 10.5. The molecule has 0 fully saturated rings. The quantitative estimate of drug-likeness (QED) is 0.381. The number of carbonyl (C=O) groups is 1. The standard InChI is InChI=1S/C20H19Cl2N3O2S/c1-13-24-19(27-25-13)6-3-9-23-20(26)15-5-2-4-14(10-15)12-28-18-11-16(21)7-8-17(18)22/h2,4-5,7-8,10-11H,3,6,9,12H2,1H3,(H,23,26). The maximum absolute atomic E-state index is 12.4. The first-order valence-electron chi connectivity index (χ1n) is 8.75. The molecule has 1 N–H and O–H groups in total. The Bertz CT molecular complexity index is 962. The van der Waals surface area contributed by atoms with E-state index < -0.39 is 0 Å². The molecule has 146 valence electrons. The van der Waals surface area contributed by atoms with Crippen LogP contribution in [0.5, 0.6) is 0 Å². The highest BCUT2D eigenvalue weighted by molar-refractivity contribution is 7.98. The predicted octanol–water partition coefficient (Wildman–Crippen LogP) is 5.34. The molecule has 0 radical (unpaired) electrons. The molecule has 2 aromatic carbocycles. The Morgan fingerprint density at radius 2 is 2.07 bits per heavy atom. The normalized spacial score (nSPS) is 10.8. The molecule has 0 saturated heterocycles. The van der Waals surface area contributed by atoms with Crippen molar-refractivity contribution in [2.45, 2.75) is 30.4 Å². The third-order valence-electron chi connectivity index (χ3n) is 3.90. The number of nitrogens with zero attached hydrogens (tertiary/aromatic N) is 2. The van der Waals surface area contributed by atoms with Crippen molar-refractivity contribution in [3.8, 4) is 0 Å². The van der Waals surface area contributed by atoms with Crippen LogP contribution < -0.4 is 5.32 Å². The highest BCUT2D eigenvalue weighted by Crippen LogP contribution is 2.32. The van der Waals surface area contributed by atoms with Gasteiger partial charge in [0.1, 0.15) is 0 Å². The number of hydrogen-bond acceptors (Lipinski definition) is 5. The van der Waals surface area contributed by atoms with E-state index in [1.807, 2.05) is 24.3 Å². The molecule has 1 amide bonds. The number of benzene rings is 2. The van der Waals surface area contributed by atoms with Crippen LogP contribution in [0.1, 0.15) is 34.1 Å². The lowest BCUT2D eigenvalue weighted by molar-refractivity contribution is 0.0953. The molecule has 5 nitrogen and oxygen atoms in total. The lowest BCUT2D eigenvalue weighted by Crippen LogP contribution is -2.24. The van der Waals surface area contributed by atoms with Gasteiger partial charge in [0.05, 0.1) is 5.02 Å². The molecule has 0 saturated carbocycles. The van der Waals surface area contributed by atoms with E-state index in [2.05, 4.69) is 15.5 Å². The van der Waals surface area contributed by atoms with Gasteiger partial charge in [-0.3, -0.25) is 4.79 Å². The lowest BCUT2D eigenvalue weighted by Gasteiger charge is -2.08. The molecule has 3 aromatic rings. The van der Waals surface area contributed by atoms with Crippen LogP contribution in [-0.2, 0) is 12.2 Å². The van der Waals surface area contributed by atoms with Gasteiger partial charge >= 0.3 is 0 Å². The van der Waals surface area contributed by atoms with E-state index in [-0.39, 0.29) is 5.91 Å². The number of aryl methyl sites for hydroxylation is 2. The number of carbonyl (C=O) groups excluding carboxylic acids is 1. The van der Waals surface area contributed by atoms with Crippen LogP contribution in [-0.4, -0.2) is 22.6 Å². The van der Waals surface area contributed by atoms with Crippen molar-refractivity contribution in [2.75, 3.05) is 6.54 Å². The van der Waals surface area contributed by atoms with Crippen molar-refractivity contribution in [1.29, 1.82) is 0 Å². The van der Waals surface area contributed by atoms with Crippen LogP contribution in [0.3, 0.4) is 0 Å². The zero-order chi connectivity index (χ0) is 19.9. The summed E-state index contributed by atoms with van der Waals surface area (Å²) < 4.78 is 5.06. The highest BCUT2D eigenvalue weighted by Gasteiger charge is 2.08. The second-order valence-electron chi connectivity index (χ2n) is 6.16. The van der Waals surface area contributed by atoms with Crippen LogP contribution in [0.2, 0.25) is 10.0 Å². The fourth-order valence-electron chi connectivity index (χ4n) is 2.54. The van der Waals surface area contributed by atoms with Crippen molar-refractivity contribution >= 4 is 40.9 Å². The van der Waals surface area contributed by atoms with Gasteiger partial charge in [-0.25, -0.2) is 0 Å². The van der Waals surface area contributed by atoms with Crippen LogP contribution in [0.15, 0.2) is 51.9 Å². The van der Waals surface area contributed by atoms with E-state index in [4.69, 9.17) is 27.7 Å². The van der Waals surface area contributed by atoms with Gasteiger partial charge in [0.15, 0.2) is 5.82 Å². The second kappa shape index (κ2) is 9.96. The summed E-state index contributed by atoms with van der Waals surface area (Å²) in [6, 6.07) is 12.9. The third kappa shape index (κ3) is 5.99. The van der Waals surface area contributed by atoms with Crippen LogP contribution >= 0.6 is 35.0 Å². The Hall–Kier alpha value is -2.02. The van der Waals surface area contributed by atoms with Gasteiger partial charge in [-0.05, 0) is 49.2 Å². The molecule has 3 rings (SSSR count). The number of nitrogens with one attached hydrogen (secondary N) is 1. The van der Waals surface area contributed by atoms with E-state index in [0.717, 1.165) is 16.9 Å². The minimum Gasteiger partial charge on any atom is -0.352 e. The number of amides is 1. The summed E-state index contributed by atoms with van der Waals surface area (Å²) in [5.74, 6) is 1.80. The van der Waals surface area contributed by atoms with Gasteiger partial charge in [0, 0.05) is 34.2 Å². The van der Waals surface area contributed by atoms with Gasteiger partial charge in [0.2, 0.25) is 5.89 Å². The SMILES string of the molecule is Cc1noc(CCCNC(=O)c2cccc(CSc3cc(Cl)ccc3Cl)c2)n1. The van der Waals surface area contributed by atoms with E-state index in [0.29, 0.717) is 46.0 Å². The van der Waals surface area contributed by atoms with Crippen molar-refractivity contribution in [2.24, 2.45) is 0 Å². The molecule has 0 aliphatic carbocycles. The first kappa shape index (κ1) is 20.7. The molecular weight excluding hydrogens is 417 g/mol. The maximum Gasteiger partial charge on any atom is 0.251 e. The molecule has 0 bridgehead atoms. The monoisotopic (exact) mass is 435 g/mol. The fourth-order valence-corrected chi connectivity index (χ4v) is 3.97. The van der Waals surface area contributed by atoms with Gasteiger partial charge in [-0.1, -0.05) is 40.5 Å². The molecule has 8 heteroatoms. The largest absolute Gasteiger partial charge is 0.352 e. The Morgan fingerprint density at radius 3 is 2.86 bits per heavy atom. The third-order valence-corrected chi connectivity index (χ3v) is 5.70. The predicted molar refractivity (Wildman–Crippen MR) is 112 cm³/mol. The number of rotatable bonds is 8. The summed E-state index contributed by atoms with van der Waals surface area (Å²) in [6.07, 6.45) is 1.37. The Balaban J connectivity index is 1.50. The Kier molecular flexibility index (Phi) is 7.36. The van der Waals surface area contributed by atoms with Gasteiger partial charge < -0.3 is 9.84 Å². The minimum absolute atomic E-state index is 0.102. The topological polar surface area (TPSA) is 68.0 Å². The number of halogens is 2. The molecule has 0 aliphatic rings. The van der Waals surface area contributed by atoms with E-state index >= 15 is 0 Å². The molecule has 1 aromatic heterocycles. The molecule has 0 spiro atoms. The smallest absolute Gasteiger partial charge is 0.251 e. The fraction of sp³-hybridized carbons (Fsp3) is 0.250. The zero-order valence-corrected chi connectivity index (χ0v) is 17.6. The van der Waals surface area contributed by atoms with Crippen molar-refractivity contribution in [1.82, 2.24) is 15.5 Å². The molecule has 28 heavy (non-hydrogen) atoms. The van der Waals surface area contributed by atoms with Crippen molar-refractivity contribution in [3.05, 3.63) is 75.4 Å². The van der Waals surface area contributed by atoms with Crippen LogP contribution in [0.25, 0.3) is 0 Å². The number of thioether (sulfide) groups is 1.